The Morgan fingerprint density at radius 3 is 2.56 bits per heavy atom. The van der Waals surface area contributed by atoms with Crippen LogP contribution in [0.3, 0.4) is 0 Å². The minimum atomic E-state index is -0.570. The molecule has 0 radical (unpaired) electrons. The van der Waals surface area contributed by atoms with Crippen LogP contribution in [0.1, 0.15) is 29.2 Å². The molecule has 11 nitrogen and oxygen atoms in total. The van der Waals surface area contributed by atoms with E-state index in [-0.39, 0.29) is 29.7 Å². The highest BCUT2D eigenvalue weighted by molar-refractivity contribution is 5.97. The average molecular weight is 464 g/mol. The molecule has 1 aromatic heterocycles. The molecule has 1 aliphatic heterocycles. The van der Waals surface area contributed by atoms with Crippen molar-refractivity contribution >= 4 is 17.5 Å². The van der Waals surface area contributed by atoms with Crippen molar-refractivity contribution in [3.8, 4) is 11.4 Å². The molecule has 1 saturated heterocycles. The first-order chi connectivity index (χ1) is 16.4. The summed E-state index contributed by atoms with van der Waals surface area (Å²) in [4.78, 5) is 43.5. The molecule has 1 N–H and O–H groups in total. The number of piperazine rings is 1. The number of non-ortho nitro benzene ring substituents is 1. The van der Waals surface area contributed by atoms with Gasteiger partial charge in [0.2, 0.25) is 17.6 Å². The number of carbonyl (C=O) groups excluding carboxylic acids is 2. The summed E-state index contributed by atoms with van der Waals surface area (Å²) in [5.41, 5.74) is 0.837. The molecule has 2 heterocycles. The van der Waals surface area contributed by atoms with Gasteiger partial charge < -0.3 is 14.7 Å². The lowest BCUT2D eigenvalue weighted by Crippen LogP contribution is -2.51. The lowest BCUT2D eigenvalue weighted by molar-refractivity contribution is -0.384. The number of nitrogens with one attached hydrogen (secondary N) is 1. The molecule has 2 aromatic carbocycles. The van der Waals surface area contributed by atoms with Gasteiger partial charge in [0.1, 0.15) is 0 Å². The van der Waals surface area contributed by atoms with Gasteiger partial charge in [-0.3, -0.25) is 24.6 Å². The molecule has 1 fully saturated rings. The van der Waals surface area contributed by atoms with Crippen molar-refractivity contribution in [3.05, 3.63) is 76.2 Å². The summed E-state index contributed by atoms with van der Waals surface area (Å²) in [6, 6.07) is 14.9. The molecule has 3 aromatic rings. The quantitative estimate of drug-likeness (QED) is 0.416. The van der Waals surface area contributed by atoms with Gasteiger partial charge in [-0.2, -0.15) is 4.98 Å². The van der Waals surface area contributed by atoms with Crippen LogP contribution in [0.25, 0.3) is 11.4 Å². The Morgan fingerprint density at radius 1 is 1.12 bits per heavy atom. The summed E-state index contributed by atoms with van der Waals surface area (Å²) in [5, 5.41) is 17.5. The number of amides is 2. The zero-order valence-corrected chi connectivity index (χ0v) is 18.6. The first kappa shape index (κ1) is 23.1. The summed E-state index contributed by atoms with van der Waals surface area (Å²) >= 11 is 0. The van der Waals surface area contributed by atoms with Crippen LogP contribution in [0.15, 0.2) is 59.1 Å². The first-order valence-corrected chi connectivity index (χ1v) is 10.9. The topological polar surface area (TPSA) is 135 Å². The van der Waals surface area contributed by atoms with Gasteiger partial charge in [-0.05, 0) is 13.0 Å². The number of nitrogens with zero attached hydrogens (tertiary/aromatic N) is 5. The van der Waals surface area contributed by atoms with Crippen LogP contribution in [0.2, 0.25) is 0 Å². The molecule has 4 rings (SSSR count). The van der Waals surface area contributed by atoms with Crippen molar-refractivity contribution in [1.29, 1.82) is 0 Å². The fourth-order valence-electron chi connectivity index (χ4n) is 3.75. The molecule has 0 spiro atoms. The van der Waals surface area contributed by atoms with E-state index in [2.05, 4.69) is 20.4 Å². The predicted octanol–water partition coefficient (Wildman–Crippen LogP) is 2.28. The third kappa shape index (κ3) is 5.26. The van der Waals surface area contributed by atoms with Gasteiger partial charge in [-0.25, -0.2) is 0 Å². The van der Waals surface area contributed by atoms with E-state index in [0.29, 0.717) is 37.9 Å². The van der Waals surface area contributed by atoms with Crippen LogP contribution in [0, 0.1) is 10.1 Å². The van der Waals surface area contributed by atoms with E-state index in [9.17, 15) is 19.7 Å². The van der Waals surface area contributed by atoms with Gasteiger partial charge in [0.15, 0.2) is 0 Å². The van der Waals surface area contributed by atoms with Crippen LogP contribution in [-0.2, 0) is 4.79 Å². The van der Waals surface area contributed by atoms with E-state index in [1.807, 2.05) is 37.3 Å². The standard InChI is InChI=1S/C23H24N6O5/c1-16(23-25-21(26-34-23)17-6-3-2-4-7-17)27-10-12-28(13-11-27)20(30)15-24-22(31)18-8-5-9-19(14-18)29(32)33/h2-9,14,16H,10-13,15H2,1H3,(H,24,31). The van der Waals surface area contributed by atoms with Crippen LogP contribution >= 0.6 is 0 Å². The van der Waals surface area contributed by atoms with Crippen molar-refractivity contribution in [2.75, 3.05) is 32.7 Å². The Morgan fingerprint density at radius 2 is 1.85 bits per heavy atom. The highest BCUT2D eigenvalue weighted by atomic mass is 16.6. The van der Waals surface area contributed by atoms with Gasteiger partial charge in [-0.1, -0.05) is 41.6 Å². The maximum atomic E-state index is 12.6. The van der Waals surface area contributed by atoms with Gasteiger partial charge in [0.25, 0.3) is 11.6 Å². The van der Waals surface area contributed by atoms with Crippen LogP contribution < -0.4 is 5.32 Å². The number of rotatable bonds is 7. The van der Waals surface area contributed by atoms with Gasteiger partial charge in [0.05, 0.1) is 17.5 Å². The second-order valence-electron chi connectivity index (χ2n) is 7.91. The number of carbonyl (C=O) groups is 2. The van der Waals surface area contributed by atoms with Crippen molar-refractivity contribution in [2.45, 2.75) is 13.0 Å². The summed E-state index contributed by atoms with van der Waals surface area (Å²) in [5.74, 6) is 0.309. The molecular weight excluding hydrogens is 440 g/mol. The van der Waals surface area contributed by atoms with E-state index in [1.54, 1.807) is 4.90 Å². The molecule has 1 unspecified atom stereocenters. The molecule has 1 aliphatic rings. The summed E-state index contributed by atoms with van der Waals surface area (Å²) in [6.07, 6.45) is 0. The van der Waals surface area contributed by atoms with Crippen LogP contribution in [0.5, 0.6) is 0 Å². The lowest BCUT2D eigenvalue weighted by atomic mass is 10.2. The van der Waals surface area contributed by atoms with E-state index in [1.165, 1.54) is 24.3 Å². The third-order valence-corrected chi connectivity index (χ3v) is 5.77. The molecule has 11 heteroatoms. The van der Waals surface area contributed by atoms with E-state index in [4.69, 9.17) is 4.52 Å². The number of hydrogen-bond acceptors (Lipinski definition) is 8. The molecule has 34 heavy (non-hydrogen) atoms. The summed E-state index contributed by atoms with van der Waals surface area (Å²) in [7, 11) is 0. The normalized spacial score (nSPS) is 15.0. The summed E-state index contributed by atoms with van der Waals surface area (Å²) in [6.45, 7) is 4.04. The fraction of sp³-hybridized carbons (Fsp3) is 0.304. The Labute approximate surface area is 195 Å². The molecular formula is C23H24N6O5. The largest absolute Gasteiger partial charge is 0.343 e. The first-order valence-electron chi connectivity index (χ1n) is 10.9. The minimum Gasteiger partial charge on any atom is -0.343 e. The monoisotopic (exact) mass is 464 g/mol. The number of hydrogen-bond donors (Lipinski definition) is 1. The fourth-order valence-corrected chi connectivity index (χ4v) is 3.75. The number of nitro groups is 1. The third-order valence-electron chi connectivity index (χ3n) is 5.77. The minimum absolute atomic E-state index is 0.101. The highest BCUT2D eigenvalue weighted by Gasteiger charge is 2.28. The SMILES string of the molecule is CC(c1nc(-c2ccccc2)no1)N1CCN(C(=O)CNC(=O)c2cccc([N+](=O)[O-])c2)CC1. The van der Waals surface area contributed by atoms with Crippen molar-refractivity contribution in [2.24, 2.45) is 0 Å². The number of aromatic nitrogens is 2. The number of nitro benzene ring substituents is 1. The van der Waals surface area contributed by atoms with Crippen LogP contribution in [0.4, 0.5) is 5.69 Å². The Bertz CT molecular complexity index is 1170. The smallest absolute Gasteiger partial charge is 0.270 e. The van der Waals surface area contributed by atoms with E-state index in [0.717, 1.165) is 5.56 Å². The summed E-state index contributed by atoms with van der Waals surface area (Å²) < 4.78 is 5.47. The molecule has 2 amide bonds. The maximum absolute atomic E-state index is 12.6. The van der Waals surface area contributed by atoms with E-state index < -0.39 is 10.8 Å². The molecule has 0 saturated carbocycles. The van der Waals surface area contributed by atoms with Crippen molar-refractivity contribution in [1.82, 2.24) is 25.3 Å². The van der Waals surface area contributed by atoms with Gasteiger partial charge in [-0.15, -0.1) is 0 Å². The van der Waals surface area contributed by atoms with Gasteiger partial charge in [0, 0.05) is 49.4 Å². The zero-order chi connectivity index (χ0) is 24.1. The van der Waals surface area contributed by atoms with E-state index >= 15 is 0 Å². The second kappa shape index (κ2) is 10.2. The maximum Gasteiger partial charge on any atom is 0.270 e. The lowest BCUT2D eigenvalue weighted by Gasteiger charge is -2.36. The molecule has 1 atom stereocenters. The van der Waals surface area contributed by atoms with Gasteiger partial charge >= 0.3 is 0 Å². The van der Waals surface area contributed by atoms with Crippen molar-refractivity contribution < 1.29 is 19.0 Å². The zero-order valence-electron chi connectivity index (χ0n) is 18.6. The molecule has 0 bridgehead atoms. The predicted molar refractivity (Wildman–Crippen MR) is 122 cm³/mol. The molecule has 0 aliphatic carbocycles. The van der Waals surface area contributed by atoms with Crippen LogP contribution in [-0.4, -0.2) is 69.4 Å². The van der Waals surface area contributed by atoms with Crippen molar-refractivity contribution in [3.63, 3.8) is 0 Å². The highest BCUT2D eigenvalue weighted by Crippen LogP contribution is 2.23. The second-order valence-corrected chi connectivity index (χ2v) is 7.91. The Hall–Kier alpha value is -4.12. The average Bonchev–Trinajstić information content (AvgIpc) is 3.38. The number of benzene rings is 2. The molecule has 176 valence electrons. The Balaban J connectivity index is 1.27. The Kier molecular flexibility index (Phi) is 6.93.